The van der Waals surface area contributed by atoms with Crippen LogP contribution in [0.1, 0.15) is 32.6 Å². The zero-order valence-corrected chi connectivity index (χ0v) is 24.8. The van der Waals surface area contributed by atoms with Crippen molar-refractivity contribution in [1.82, 2.24) is 40.0 Å². The lowest BCUT2D eigenvalue weighted by Gasteiger charge is -2.15. The van der Waals surface area contributed by atoms with Crippen molar-refractivity contribution < 1.29 is 13.9 Å². The number of hydrogen-bond donors (Lipinski definition) is 3. The SMILES string of the molecule is CCCC(=O)Nc1cncc(-c2ccc3[nH]nc(-c4nc5nccc(-c6cc(F)cc(OCCN7CCCC7)c6)c5[nH]4)c3n2)c1. The quantitative estimate of drug-likeness (QED) is 0.174. The average Bonchev–Trinajstić information content (AvgIpc) is 3.80. The molecule has 3 N–H and O–H groups in total. The molecule has 1 aliphatic rings. The van der Waals surface area contributed by atoms with Crippen LogP contribution in [0.4, 0.5) is 10.1 Å². The molecule has 0 spiro atoms. The maximum Gasteiger partial charge on any atom is 0.224 e. The van der Waals surface area contributed by atoms with Gasteiger partial charge in [-0.1, -0.05) is 6.92 Å². The number of carbonyl (C=O) groups is 1. The minimum atomic E-state index is -0.383. The van der Waals surface area contributed by atoms with Gasteiger partial charge in [-0.3, -0.25) is 19.8 Å². The number of carbonyl (C=O) groups excluding carboxylic acids is 1. The number of likely N-dealkylation sites (tertiary alicyclic amines) is 1. The first-order valence-corrected chi connectivity index (χ1v) is 15.2. The van der Waals surface area contributed by atoms with Gasteiger partial charge in [0.25, 0.3) is 0 Å². The molecule has 0 bridgehead atoms. The fourth-order valence-electron chi connectivity index (χ4n) is 5.69. The smallest absolute Gasteiger partial charge is 0.224 e. The highest BCUT2D eigenvalue weighted by atomic mass is 19.1. The number of imidazole rings is 1. The summed E-state index contributed by atoms with van der Waals surface area (Å²) < 4.78 is 20.7. The van der Waals surface area contributed by atoms with Gasteiger partial charge in [0, 0.05) is 42.6 Å². The molecule has 1 aromatic carbocycles. The standard InChI is InChI=1S/C33H32FN9O2/c1-2-5-28(44)37-23-15-21(18-35-19-23)26-6-7-27-30(38-26)31(42-41-27)33-39-29-25(8-9-36-32(29)40-33)20-14-22(34)17-24(16-20)45-13-12-43-10-3-4-11-43/h6-9,14-19H,2-5,10-13H2,1H3,(H,37,44)(H,41,42)(H,36,39,40). The third-order valence-electron chi connectivity index (χ3n) is 7.88. The van der Waals surface area contributed by atoms with Crippen LogP contribution in [-0.4, -0.2) is 72.2 Å². The Balaban J connectivity index is 1.19. The number of H-pyrrole nitrogens is 2. The van der Waals surface area contributed by atoms with Crippen LogP contribution in [0.3, 0.4) is 0 Å². The van der Waals surface area contributed by atoms with Crippen LogP contribution >= 0.6 is 0 Å². The first-order valence-electron chi connectivity index (χ1n) is 15.2. The lowest BCUT2D eigenvalue weighted by molar-refractivity contribution is -0.116. The lowest BCUT2D eigenvalue weighted by atomic mass is 10.1. The molecule has 1 saturated heterocycles. The van der Waals surface area contributed by atoms with Gasteiger partial charge in [-0.15, -0.1) is 0 Å². The normalized spacial score (nSPS) is 13.6. The highest BCUT2D eigenvalue weighted by Gasteiger charge is 2.19. The summed E-state index contributed by atoms with van der Waals surface area (Å²) in [6, 6.07) is 12.2. The number of nitrogens with one attached hydrogen (secondary N) is 3. The van der Waals surface area contributed by atoms with Crippen molar-refractivity contribution in [2.75, 3.05) is 31.6 Å². The number of amides is 1. The van der Waals surface area contributed by atoms with E-state index in [-0.39, 0.29) is 11.7 Å². The summed E-state index contributed by atoms with van der Waals surface area (Å²) in [6.07, 6.45) is 8.59. The predicted octanol–water partition coefficient (Wildman–Crippen LogP) is 5.98. The second-order valence-corrected chi connectivity index (χ2v) is 11.1. The summed E-state index contributed by atoms with van der Waals surface area (Å²) in [4.78, 5) is 36.2. The Kier molecular flexibility index (Phi) is 7.87. The van der Waals surface area contributed by atoms with Crippen LogP contribution in [0.5, 0.6) is 5.75 Å². The third kappa shape index (κ3) is 6.09. The number of rotatable bonds is 10. The number of fused-ring (bicyclic) bond motifs is 2. The Morgan fingerprint density at radius 2 is 1.96 bits per heavy atom. The number of pyridine rings is 3. The van der Waals surface area contributed by atoms with E-state index in [0.717, 1.165) is 42.7 Å². The van der Waals surface area contributed by atoms with Gasteiger partial charge in [-0.25, -0.2) is 19.3 Å². The van der Waals surface area contributed by atoms with E-state index in [9.17, 15) is 9.18 Å². The van der Waals surface area contributed by atoms with Crippen molar-refractivity contribution in [1.29, 1.82) is 0 Å². The monoisotopic (exact) mass is 605 g/mol. The van der Waals surface area contributed by atoms with E-state index in [4.69, 9.17) is 14.7 Å². The van der Waals surface area contributed by atoms with Crippen LogP contribution in [0.25, 0.3) is 56.1 Å². The number of anilines is 1. The number of hydrogen-bond acceptors (Lipinski definition) is 8. The van der Waals surface area contributed by atoms with E-state index in [1.165, 1.54) is 25.0 Å². The largest absolute Gasteiger partial charge is 0.492 e. The molecule has 7 rings (SSSR count). The molecule has 6 heterocycles. The van der Waals surface area contributed by atoms with Gasteiger partial charge < -0.3 is 15.0 Å². The first-order chi connectivity index (χ1) is 22.0. The summed E-state index contributed by atoms with van der Waals surface area (Å²) in [5.74, 6) is 0.506. The molecule has 228 valence electrons. The maximum atomic E-state index is 14.8. The number of aromatic nitrogens is 7. The Morgan fingerprint density at radius 3 is 2.82 bits per heavy atom. The zero-order chi connectivity index (χ0) is 30.8. The number of benzene rings is 1. The van der Waals surface area contributed by atoms with Crippen molar-refractivity contribution in [3.8, 4) is 39.7 Å². The fourth-order valence-corrected chi connectivity index (χ4v) is 5.69. The minimum Gasteiger partial charge on any atom is -0.492 e. The van der Waals surface area contributed by atoms with Gasteiger partial charge in [-0.05, 0) is 74.3 Å². The number of nitrogens with zero attached hydrogens (tertiary/aromatic N) is 6. The molecule has 11 nitrogen and oxygen atoms in total. The summed E-state index contributed by atoms with van der Waals surface area (Å²) in [5.41, 5.74) is 6.37. The Labute approximate surface area is 258 Å². The van der Waals surface area contributed by atoms with Gasteiger partial charge in [-0.2, -0.15) is 5.10 Å². The maximum absolute atomic E-state index is 14.8. The Hall–Kier alpha value is -5.23. The second kappa shape index (κ2) is 12.4. The van der Waals surface area contributed by atoms with Crippen LogP contribution in [0.15, 0.2) is 61.1 Å². The van der Waals surface area contributed by atoms with Gasteiger partial charge in [0.2, 0.25) is 5.91 Å². The Morgan fingerprint density at radius 1 is 1.07 bits per heavy atom. The van der Waals surface area contributed by atoms with Crippen molar-refractivity contribution in [2.45, 2.75) is 32.6 Å². The Bertz CT molecular complexity index is 2000. The summed E-state index contributed by atoms with van der Waals surface area (Å²) in [5, 5.41) is 10.4. The van der Waals surface area contributed by atoms with Crippen molar-refractivity contribution in [3.63, 3.8) is 0 Å². The molecule has 6 aromatic rings. The summed E-state index contributed by atoms with van der Waals surface area (Å²) >= 11 is 0. The minimum absolute atomic E-state index is 0.0608. The molecular weight excluding hydrogens is 573 g/mol. The molecule has 12 heteroatoms. The zero-order valence-electron chi connectivity index (χ0n) is 24.8. The fraction of sp³-hybridized carbons (Fsp3) is 0.273. The molecule has 0 atom stereocenters. The first kappa shape index (κ1) is 28.5. The van der Waals surface area contributed by atoms with E-state index in [2.05, 4.69) is 35.4 Å². The predicted molar refractivity (Wildman–Crippen MR) is 170 cm³/mol. The second-order valence-electron chi connectivity index (χ2n) is 11.1. The van der Waals surface area contributed by atoms with Crippen LogP contribution < -0.4 is 10.1 Å². The number of aromatic amines is 2. The van der Waals surface area contributed by atoms with Gasteiger partial charge in [0.1, 0.15) is 23.7 Å². The molecule has 45 heavy (non-hydrogen) atoms. The van der Waals surface area contributed by atoms with E-state index in [1.54, 1.807) is 18.6 Å². The molecule has 0 unspecified atom stereocenters. The van der Waals surface area contributed by atoms with Gasteiger partial charge in [0.15, 0.2) is 17.2 Å². The molecule has 0 saturated carbocycles. The highest BCUT2D eigenvalue weighted by Crippen LogP contribution is 2.33. The molecule has 1 amide bonds. The van der Waals surface area contributed by atoms with Gasteiger partial charge >= 0.3 is 0 Å². The molecule has 0 radical (unpaired) electrons. The number of ether oxygens (including phenoxy) is 1. The summed E-state index contributed by atoms with van der Waals surface area (Å²) in [7, 11) is 0. The van der Waals surface area contributed by atoms with Crippen LogP contribution in [0, 0.1) is 5.82 Å². The van der Waals surface area contributed by atoms with E-state index < -0.39 is 0 Å². The van der Waals surface area contributed by atoms with Crippen LogP contribution in [0.2, 0.25) is 0 Å². The topological polar surface area (TPSA) is 138 Å². The van der Waals surface area contributed by atoms with E-state index in [1.807, 2.05) is 37.3 Å². The molecule has 0 aliphatic carbocycles. The van der Waals surface area contributed by atoms with Crippen molar-refractivity contribution in [2.24, 2.45) is 0 Å². The van der Waals surface area contributed by atoms with Crippen molar-refractivity contribution in [3.05, 3.63) is 66.9 Å². The molecular formula is C33H32FN9O2. The van der Waals surface area contributed by atoms with Gasteiger partial charge in [0.05, 0.1) is 28.6 Å². The number of halogens is 1. The molecule has 1 fully saturated rings. The highest BCUT2D eigenvalue weighted by molar-refractivity contribution is 5.95. The van der Waals surface area contributed by atoms with Crippen molar-refractivity contribution >= 4 is 33.8 Å². The average molecular weight is 606 g/mol. The lowest BCUT2D eigenvalue weighted by Crippen LogP contribution is -2.25. The summed E-state index contributed by atoms with van der Waals surface area (Å²) in [6.45, 7) is 5.44. The molecule has 1 aliphatic heterocycles. The van der Waals surface area contributed by atoms with E-state index in [0.29, 0.717) is 63.9 Å². The third-order valence-corrected chi connectivity index (χ3v) is 7.88. The van der Waals surface area contributed by atoms with E-state index >= 15 is 0 Å². The van der Waals surface area contributed by atoms with Crippen LogP contribution in [-0.2, 0) is 4.79 Å². The molecule has 5 aromatic heterocycles.